The number of pyridine rings is 1. The number of nitrogens with zero attached hydrogens (tertiary/aromatic N) is 1. The Morgan fingerprint density at radius 2 is 2.09 bits per heavy atom. The first-order valence-corrected chi connectivity index (χ1v) is 3.78. The van der Waals surface area contributed by atoms with Crippen LogP contribution in [0.2, 0.25) is 0 Å². The minimum Gasteiger partial charge on any atom is -0.227 e. The van der Waals surface area contributed by atoms with E-state index in [9.17, 15) is 13.2 Å². The average Bonchev–Trinajstić information content (AvgIpc) is 1.94. The lowest BCUT2D eigenvalue weighted by Crippen LogP contribution is -1.92. The Kier molecular flexibility index (Phi) is 2.69. The van der Waals surface area contributed by atoms with Crippen LogP contribution in [0.1, 0.15) is 12.0 Å². The van der Waals surface area contributed by atoms with E-state index >= 15 is 0 Å². The summed E-state index contributed by atoms with van der Waals surface area (Å²) >= 11 is 1.61. The molecule has 0 atom stereocenters. The molecule has 11 heavy (non-hydrogen) atoms. The van der Waals surface area contributed by atoms with Crippen molar-refractivity contribution in [1.29, 1.82) is 0 Å². The van der Waals surface area contributed by atoms with Crippen LogP contribution >= 0.6 is 22.6 Å². The van der Waals surface area contributed by atoms with Crippen LogP contribution in [0.25, 0.3) is 0 Å². The number of aromatic nitrogens is 1. The Hall–Kier alpha value is -0.330. The van der Waals surface area contributed by atoms with Crippen molar-refractivity contribution < 1.29 is 13.2 Å². The Balaban J connectivity index is 3.05. The molecule has 0 saturated carbocycles. The number of halogens is 4. The molecule has 0 unspecified atom stereocenters. The highest BCUT2D eigenvalue weighted by Gasteiger charge is 2.09. The van der Waals surface area contributed by atoms with Gasteiger partial charge in [-0.3, -0.25) is 0 Å². The molecule has 0 aromatic carbocycles. The zero-order chi connectivity index (χ0) is 8.43. The molecule has 0 radical (unpaired) electrons. The SMILES string of the molecule is Fc1ncc(C(F)F)cc1I. The molecule has 1 aromatic heterocycles. The Bertz CT molecular complexity index is 264. The first kappa shape index (κ1) is 8.76. The second-order valence-corrected chi connectivity index (χ2v) is 3.00. The van der Waals surface area contributed by atoms with Gasteiger partial charge in [-0.25, -0.2) is 13.8 Å². The van der Waals surface area contributed by atoms with Crippen molar-refractivity contribution >= 4 is 22.6 Å². The number of hydrogen-bond donors (Lipinski definition) is 0. The number of hydrogen-bond acceptors (Lipinski definition) is 1. The summed E-state index contributed by atoms with van der Waals surface area (Å²) in [6, 6.07) is 1.08. The van der Waals surface area contributed by atoms with Crippen molar-refractivity contribution in [3.05, 3.63) is 27.3 Å². The predicted molar refractivity (Wildman–Crippen MR) is 41.9 cm³/mol. The predicted octanol–water partition coefficient (Wildman–Crippen LogP) is 2.76. The maximum atomic E-state index is 12.4. The summed E-state index contributed by atoms with van der Waals surface area (Å²) in [6.07, 6.45) is -1.75. The van der Waals surface area contributed by atoms with Crippen LogP contribution in [0.3, 0.4) is 0 Å². The third-order valence-corrected chi connectivity index (χ3v) is 1.83. The molecule has 0 amide bonds. The molecule has 0 aliphatic rings. The van der Waals surface area contributed by atoms with Crippen LogP contribution in [0.4, 0.5) is 13.2 Å². The molecular formula is C6H3F3IN. The van der Waals surface area contributed by atoms with Crippen LogP contribution in [0.5, 0.6) is 0 Å². The van der Waals surface area contributed by atoms with E-state index in [1.807, 2.05) is 0 Å². The molecule has 5 heteroatoms. The highest BCUT2D eigenvalue weighted by molar-refractivity contribution is 14.1. The fraction of sp³-hybridized carbons (Fsp3) is 0.167. The van der Waals surface area contributed by atoms with Crippen LogP contribution in [-0.2, 0) is 0 Å². The van der Waals surface area contributed by atoms with Gasteiger partial charge < -0.3 is 0 Å². The summed E-state index contributed by atoms with van der Waals surface area (Å²) in [7, 11) is 0. The minimum absolute atomic E-state index is 0.111. The van der Waals surface area contributed by atoms with Gasteiger partial charge in [0.2, 0.25) is 5.95 Å². The molecular weight excluding hydrogens is 270 g/mol. The van der Waals surface area contributed by atoms with Crippen LogP contribution < -0.4 is 0 Å². The second kappa shape index (κ2) is 3.38. The van der Waals surface area contributed by atoms with Crippen molar-refractivity contribution in [3.8, 4) is 0 Å². The largest absolute Gasteiger partial charge is 0.265 e. The molecule has 0 fully saturated rings. The maximum Gasteiger partial charge on any atom is 0.265 e. The summed E-state index contributed by atoms with van der Waals surface area (Å²) in [4.78, 5) is 3.15. The zero-order valence-electron chi connectivity index (χ0n) is 5.19. The van der Waals surface area contributed by atoms with E-state index in [0.29, 0.717) is 0 Å². The second-order valence-electron chi connectivity index (χ2n) is 1.84. The number of alkyl halides is 2. The third-order valence-electron chi connectivity index (χ3n) is 1.07. The number of rotatable bonds is 1. The molecule has 0 bridgehead atoms. The van der Waals surface area contributed by atoms with E-state index in [1.165, 1.54) is 0 Å². The Morgan fingerprint density at radius 1 is 1.45 bits per heavy atom. The van der Waals surface area contributed by atoms with Crippen molar-refractivity contribution in [3.63, 3.8) is 0 Å². The molecule has 60 valence electrons. The summed E-state index contributed by atoms with van der Waals surface area (Å²) in [6.45, 7) is 0. The standard InChI is InChI=1S/C6H3F3IN/c7-5(8)3-1-4(10)6(9)11-2-3/h1-2,5H. The summed E-state index contributed by atoms with van der Waals surface area (Å²) in [5.74, 6) is -0.713. The van der Waals surface area contributed by atoms with Gasteiger partial charge in [0.25, 0.3) is 6.43 Å². The monoisotopic (exact) mass is 273 g/mol. The lowest BCUT2D eigenvalue weighted by atomic mass is 10.3. The normalized spacial score (nSPS) is 10.6. The summed E-state index contributed by atoms with van der Waals surface area (Å²) < 4.78 is 36.3. The Morgan fingerprint density at radius 3 is 2.55 bits per heavy atom. The van der Waals surface area contributed by atoms with E-state index in [1.54, 1.807) is 22.6 Å². The van der Waals surface area contributed by atoms with Crippen molar-refractivity contribution in [2.75, 3.05) is 0 Å². The van der Waals surface area contributed by atoms with E-state index in [-0.39, 0.29) is 9.13 Å². The van der Waals surface area contributed by atoms with Crippen LogP contribution in [0.15, 0.2) is 12.3 Å². The third kappa shape index (κ3) is 2.05. The van der Waals surface area contributed by atoms with Crippen molar-refractivity contribution in [2.45, 2.75) is 6.43 Å². The van der Waals surface area contributed by atoms with Gasteiger partial charge in [0.1, 0.15) is 0 Å². The van der Waals surface area contributed by atoms with E-state index < -0.39 is 12.4 Å². The lowest BCUT2D eigenvalue weighted by molar-refractivity contribution is 0.150. The molecule has 0 N–H and O–H groups in total. The van der Waals surface area contributed by atoms with E-state index in [2.05, 4.69) is 4.98 Å². The van der Waals surface area contributed by atoms with Gasteiger partial charge in [0.05, 0.1) is 3.57 Å². The lowest BCUT2D eigenvalue weighted by Gasteiger charge is -1.98. The highest BCUT2D eigenvalue weighted by Crippen LogP contribution is 2.20. The van der Waals surface area contributed by atoms with Gasteiger partial charge in [-0.05, 0) is 28.7 Å². The first-order valence-electron chi connectivity index (χ1n) is 2.70. The topological polar surface area (TPSA) is 12.9 Å². The highest BCUT2D eigenvalue weighted by atomic mass is 127. The van der Waals surface area contributed by atoms with Gasteiger partial charge in [-0.15, -0.1) is 0 Å². The minimum atomic E-state index is -2.59. The van der Waals surface area contributed by atoms with Gasteiger partial charge in [-0.2, -0.15) is 4.39 Å². The molecule has 0 saturated heterocycles. The van der Waals surface area contributed by atoms with E-state index in [0.717, 1.165) is 12.3 Å². The van der Waals surface area contributed by atoms with Crippen molar-refractivity contribution in [2.24, 2.45) is 0 Å². The van der Waals surface area contributed by atoms with Crippen LogP contribution in [0, 0.1) is 9.52 Å². The molecule has 0 spiro atoms. The van der Waals surface area contributed by atoms with Gasteiger partial charge in [0, 0.05) is 11.8 Å². The summed E-state index contributed by atoms with van der Waals surface area (Å²) in [5, 5.41) is 0. The van der Waals surface area contributed by atoms with E-state index in [4.69, 9.17) is 0 Å². The fourth-order valence-corrected chi connectivity index (χ4v) is 1.05. The average molecular weight is 273 g/mol. The van der Waals surface area contributed by atoms with Gasteiger partial charge in [0.15, 0.2) is 0 Å². The van der Waals surface area contributed by atoms with Crippen LogP contribution in [-0.4, -0.2) is 4.98 Å². The smallest absolute Gasteiger partial charge is 0.227 e. The molecule has 1 rings (SSSR count). The quantitative estimate of drug-likeness (QED) is 0.566. The Labute approximate surface area is 74.8 Å². The summed E-state index contributed by atoms with van der Waals surface area (Å²) in [5.41, 5.74) is -0.254. The maximum absolute atomic E-state index is 12.4. The molecule has 1 aromatic rings. The van der Waals surface area contributed by atoms with Gasteiger partial charge in [-0.1, -0.05) is 0 Å². The van der Waals surface area contributed by atoms with Gasteiger partial charge >= 0.3 is 0 Å². The zero-order valence-corrected chi connectivity index (χ0v) is 7.35. The molecule has 1 heterocycles. The van der Waals surface area contributed by atoms with Crippen molar-refractivity contribution in [1.82, 2.24) is 4.98 Å². The molecule has 1 nitrogen and oxygen atoms in total. The first-order chi connectivity index (χ1) is 5.11. The fourth-order valence-electron chi connectivity index (χ4n) is 0.555. The molecule has 0 aliphatic carbocycles. The molecule has 0 aliphatic heterocycles.